The summed E-state index contributed by atoms with van der Waals surface area (Å²) in [7, 11) is 0. The van der Waals surface area contributed by atoms with Crippen LogP contribution in [-0.2, 0) is 0 Å². The molecule has 0 amide bonds. The minimum Gasteiger partial charge on any atom is -0.476 e. The van der Waals surface area contributed by atoms with Crippen LogP contribution in [0.1, 0.15) is 15.4 Å². The molecule has 0 aliphatic rings. The molecule has 1 N–H and O–H groups in total. The van der Waals surface area contributed by atoms with Gasteiger partial charge in [0.15, 0.2) is 11.5 Å². The van der Waals surface area contributed by atoms with Gasteiger partial charge in [0, 0.05) is 15.4 Å². The van der Waals surface area contributed by atoms with Gasteiger partial charge in [-0.3, -0.25) is 0 Å². The van der Waals surface area contributed by atoms with Gasteiger partial charge in [0.2, 0.25) is 0 Å². The number of nitrogens with zero attached hydrogens (tertiary/aromatic N) is 1. The number of aromatic nitrogens is 1. The van der Waals surface area contributed by atoms with Crippen LogP contribution in [0.15, 0.2) is 21.1 Å². The summed E-state index contributed by atoms with van der Waals surface area (Å²) in [6.45, 7) is 1.97. The summed E-state index contributed by atoms with van der Waals surface area (Å²) in [5.41, 5.74) is -0.0806. The molecule has 0 saturated carbocycles. The zero-order valence-corrected chi connectivity index (χ0v) is 10.1. The second kappa shape index (κ2) is 3.79. The van der Waals surface area contributed by atoms with Crippen LogP contribution in [0.4, 0.5) is 0 Å². The molecule has 0 bridgehead atoms. The van der Waals surface area contributed by atoms with Crippen LogP contribution in [0.2, 0.25) is 0 Å². The first-order valence-corrected chi connectivity index (χ1v) is 5.65. The van der Waals surface area contributed by atoms with Crippen molar-refractivity contribution in [2.75, 3.05) is 0 Å². The van der Waals surface area contributed by atoms with E-state index in [0.717, 1.165) is 14.2 Å². The summed E-state index contributed by atoms with van der Waals surface area (Å²) in [5, 5.41) is 12.1. The molecule has 0 atom stereocenters. The largest absolute Gasteiger partial charge is 0.476 e. The van der Waals surface area contributed by atoms with Gasteiger partial charge in [-0.2, -0.15) is 0 Å². The van der Waals surface area contributed by atoms with Crippen LogP contribution in [-0.4, -0.2) is 16.2 Å². The van der Waals surface area contributed by atoms with Gasteiger partial charge in [0.25, 0.3) is 0 Å². The molecule has 0 saturated heterocycles. The maximum atomic E-state index is 10.6. The number of aromatic carboxylic acids is 1. The van der Waals surface area contributed by atoms with Gasteiger partial charge in [0.1, 0.15) is 0 Å². The minimum atomic E-state index is -1.09. The van der Waals surface area contributed by atoms with Gasteiger partial charge in [0.05, 0.1) is 4.88 Å². The van der Waals surface area contributed by atoms with Gasteiger partial charge in [-0.25, -0.2) is 4.79 Å². The molecule has 2 rings (SSSR count). The quantitative estimate of drug-likeness (QED) is 0.921. The fourth-order valence-corrected chi connectivity index (χ4v) is 2.92. The van der Waals surface area contributed by atoms with E-state index in [-0.39, 0.29) is 5.69 Å². The Kier molecular flexibility index (Phi) is 2.62. The topological polar surface area (TPSA) is 63.3 Å². The Morgan fingerprint density at radius 3 is 2.80 bits per heavy atom. The molecule has 0 aliphatic carbocycles. The van der Waals surface area contributed by atoms with Crippen LogP contribution >= 0.6 is 27.3 Å². The third-order valence-electron chi connectivity index (χ3n) is 1.76. The standard InChI is InChI=1S/C9H6BrNO3S/c1-4-2-5(10)8(15-4)7-3-6(9(12)13)11-14-7/h2-3H,1H3,(H,12,13). The normalized spacial score (nSPS) is 10.5. The highest BCUT2D eigenvalue weighted by Gasteiger charge is 2.15. The van der Waals surface area contributed by atoms with E-state index in [9.17, 15) is 4.79 Å². The number of thiophene rings is 1. The first kappa shape index (κ1) is 10.4. The summed E-state index contributed by atoms with van der Waals surface area (Å²) in [5.74, 6) is -0.619. The second-order valence-corrected chi connectivity index (χ2v) is 5.03. The first-order chi connectivity index (χ1) is 7.08. The van der Waals surface area contributed by atoms with E-state index in [1.54, 1.807) is 0 Å². The van der Waals surface area contributed by atoms with Crippen molar-refractivity contribution in [2.45, 2.75) is 6.92 Å². The van der Waals surface area contributed by atoms with Crippen LogP contribution in [0.5, 0.6) is 0 Å². The Bertz CT molecular complexity index is 517. The third-order valence-corrected chi connectivity index (χ3v) is 3.72. The lowest BCUT2D eigenvalue weighted by molar-refractivity contribution is 0.0686. The average molecular weight is 288 g/mol. The second-order valence-electron chi connectivity index (χ2n) is 2.92. The highest BCUT2D eigenvalue weighted by atomic mass is 79.9. The van der Waals surface area contributed by atoms with Gasteiger partial charge in [-0.1, -0.05) is 5.16 Å². The van der Waals surface area contributed by atoms with Crippen molar-refractivity contribution in [1.29, 1.82) is 0 Å². The number of carboxylic acid groups (broad SMARTS) is 1. The van der Waals surface area contributed by atoms with Gasteiger partial charge in [-0.15, -0.1) is 11.3 Å². The summed E-state index contributed by atoms with van der Waals surface area (Å²) >= 11 is 4.89. The van der Waals surface area contributed by atoms with Crippen LogP contribution in [0.3, 0.4) is 0 Å². The van der Waals surface area contributed by atoms with Crippen molar-refractivity contribution in [2.24, 2.45) is 0 Å². The van der Waals surface area contributed by atoms with Gasteiger partial charge < -0.3 is 9.63 Å². The van der Waals surface area contributed by atoms with E-state index in [2.05, 4.69) is 21.1 Å². The molecule has 2 aromatic heterocycles. The van der Waals surface area contributed by atoms with Crippen LogP contribution in [0.25, 0.3) is 10.6 Å². The highest BCUT2D eigenvalue weighted by Crippen LogP contribution is 2.36. The lowest BCUT2D eigenvalue weighted by Gasteiger charge is -1.88. The van der Waals surface area contributed by atoms with Crippen molar-refractivity contribution >= 4 is 33.2 Å². The Morgan fingerprint density at radius 1 is 1.60 bits per heavy atom. The van der Waals surface area contributed by atoms with Crippen LogP contribution < -0.4 is 0 Å². The number of hydrogen-bond donors (Lipinski definition) is 1. The Labute approximate surface area is 97.6 Å². The summed E-state index contributed by atoms with van der Waals surface area (Å²) in [6.07, 6.45) is 0. The number of carboxylic acids is 1. The van der Waals surface area contributed by atoms with E-state index < -0.39 is 5.97 Å². The predicted octanol–water partition coefficient (Wildman–Crippen LogP) is 3.17. The van der Waals surface area contributed by atoms with Crippen molar-refractivity contribution < 1.29 is 14.4 Å². The molecular weight excluding hydrogens is 282 g/mol. The van der Waals surface area contributed by atoms with E-state index in [0.29, 0.717) is 5.76 Å². The van der Waals surface area contributed by atoms with E-state index in [4.69, 9.17) is 9.63 Å². The number of halogens is 1. The predicted molar refractivity (Wildman–Crippen MR) is 59.2 cm³/mol. The van der Waals surface area contributed by atoms with E-state index in [1.807, 2.05) is 13.0 Å². The number of rotatable bonds is 2. The zero-order chi connectivity index (χ0) is 11.0. The summed E-state index contributed by atoms with van der Waals surface area (Å²) in [6, 6.07) is 3.36. The van der Waals surface area contributed by atoms with Crippen LogP contribution in [0, 0.1) is 6.92 Å². The minimum absolute atomic E-state index is 0.0806. The Hall–Kier alpha value is -1.14. The molecule has 2 heterocycles. The third kappa shape index (κ3) is 1.95. The zero-order valence-electron chi connectivity index (χ0n) is 7.65. The van der Waals surface area contributed by atoms with Crippen molar-refractivity contribution in [3.8, 4) is 10.6 Å². The number of hydrogen-bond acceptors (Lipinski definition) is 4. The highest BCUT2D eigenvalue weighted by molar-refractivity contribution is 9.10. The van der Waals surface area contributed by atoms with Crippen molar-refractivity contribution in [3.05, 3.63) is 27.2 Å². The molecule has 0 aliphatic heterocycles. The maximum Gasteiger partial charge on any atom is 0.358 e. The van der Waals surface area contributed by atoms with Gasteiger partial charge >= 0.3 is 5.97 Å². The maximum absolute atomic E-state index is 10.6. The van der Waals surface area contributed by atoms with Gasteiger partial charge in [-0.05, 0) is 28.9 Å². The molecule has 0 fully saturated rings. The monoisotopic (exact) mass is 287 g/mol. The number of carbonyl (C=O) groups is 1. The first-order valence-electron chi connectivity index (χ1n) is 4.04. The molecule has 78 valence electrons. The lowest BCUT2D eigenvalue weighted by atomic mass is 10.3. The molecule has 0 radical (unpaired) electrons. The number of aryl methyl sites for hydroxylation is 1. The van der Waals surface area contributed by atoms with E-state index in [1.165, 1.54) is 17.4 Å². The summed E-state index contributed by atoms with van der Waals surface area (Å²) in [4.78, 5) is 12.6. The molecule has 0 aromatic carbocycles. The van der Waals surface area contributed by atoms with Crippen molar-refractivity contribution in [3.63, 3.8) is 0 Å². The molecular formula is C9H6BrNO3S. The molecule has 2 aromatic rings. The SMILES string of the molecule is Cc1cc(Br)c(-c2cc(C(=O)O)no2)s1. The molecule has 15 heavy (non-hydrogen) atoms. The molecule has 6 heteroatoms. The fraction of sp³-hybridized carbons (Fsp3) is 0.111. The fourth-order valence-electron chi connectivity index (χ4n) is 1.13. The summed E-state index contributed by atoms with van der Waals surface area (Å²) < 4.78 is 5.84. The Morgan fingerprint density at radius 2 is 2.33 bits per heavy atom. The smallest absolute Gasteiger partial charge is 0.358 e. The average Bonchev–Trinajstić information content (AvgIpc) is 2.71. The Balaban J connectivity index is 2.45. The molecule has 0 unspecified atom stereocenters. The molecule has 4 nitrogen and oxygen atoms in total. The van der Waals surface area contributed by atoms with E-state index >= 15 is 0 Å². The molecule has 0 spiro atoms. The van der Waals surface area contributed by atoms with Crippen molar-refractivity contribution in [1.82, 2.24) is 5.16 Å². The lowest BCUT2D eigenvalue weighted by Crippen LogP contribution is -1.94.